The van der Waals surface area contributed by atoms with Crippen molar-refractivity contribution in [1.29, 1.82) is 0 Å². The Morgan fingerprint density at radius 3 is 2.58 bits per heavy atom. The van der Waals surface area contributed by atoms with Crippen LogP contribution in [0.2, 0.25) is 5.02 Å². The molecule has 0 saturated heterocycles. The molecule has 2 heterocycles. The van der Waals surface area contributed by atoms with Gasteiger partial charge >= 0.3 is 0 Å². The molecule has 0 bridgehead atoms. The summed E-state index contributed by atoms with van der Waals surface area (Å²) >= 11 is 5.90. The molecule has 0 unspecified atom stereocenters. The van der Waals surface area contributed by atoms with Crippen LogP contribution in [-0.4, -0.2) is 9.55 Å². The van der Waals surface area contributed by atoms with Crippen molar-refractivity contribution in [2.45, 2.75) is 6.92 Å². The summed E-state index contributed by atoms with van der Waals surface area (Å²) in [5, 5.41) is 0.749. The lowest BCUT2D eigenvalue weighted by molar-refractivity contribution is 1.08. The Bertz CT molecular complexity index is 699. The average molecular weight is 269 g/mol. The Balaban J connectivity index is 2.00. The van der Waals surface area contributed by atoms with Crippen LogP contribution in [0.3, 0.4) is 0 Å². The molecule has 2 aromatic heterocycles. The van der Waals surface area contributed by atoms with Gasteiger partial charge in [-0.3, -0.25) is 4.98 Å². The van der Waals surface area contributed by atoms with E-state index >= 15 is 0 Å². The van der Waals surface area contributed by atoms with Gasteiger partial charge in [0.15, 0.2) is 0 Å². The summed E-state index contributed by atoms with van der Waals surface area (Å²) < 4.78 is 2.08. The minimum Gasteiger partial charge on any atom is -0.323 e. The third-order valence-corrected chi connectivity index (χ3v) is 3.42. The van der Waals surface area contributed by atoms with Gasteiger partial charge in [-0.1, -0.05) is 11.6 Å². The maximum Gasteiger partial charge on any atom is 0.0450 e. The summed E-state index contributed by atoms with van der Waals surface area (Å²) in [6.45, 7) is 2.09. The predicted molar refractivity (Wildman–Crippen MR) is 78.7 cm³/mol. The number of halogens is 1. The number of rotatable bonds is 2. The number of aromatic nitrogens is 2. The molecule has 1 aromatic carbocycles. The van der Waals surface area contributed by atoms with E-state index in [9.17, 15) is 0 Å². The summed E-state index contributed by atoms with van der Waals surface area (Å²) in [4.78, 5) is 4.19. The third kappa shape index (κ3) is 2.40. The topological polar surface area (TPSA) is 17.8 Å². The molecule has 3 rings (SSSR count). The highest BCUT2D eigenvalue weighted by molar-refractivity contribution is 6.30. The van der Waals surface area contributed by atoms with E-state index in [4.69, 9.17) is 11.6 Å². The van der Waals surface area contributed by atoms with Crippen molar-refractivity contribution in [2.24, 2.45) is 0 Å². The lowest BCUT2D eigenvalue weighted by Crippen LogP contribution is -1.88. The van der Waals surface area contributed by atoms with Crippen LogP contribution in [0, 0.1) is 6.92 Å². The largest absolute Gasteiger partial charge is 0.323 e. The van der Waals surface area contributed by atoms with Crippen molar-refractivity contribution >= 4 is 11.6 Å². The quantitative estimate of drug-likeness (QED) is 0.669. The number of hydrogen-bond acceptors (Lipinski definition) is 1. The fourth-order valence-corrected chi connectivity index (χ4v) is 2.22. The molecule has 3 heteroatoms. The number of nitrogens with zero attached hydrogens (tertiary/aromatic N) is 2. The van der Waals surface area contributed by atoms with Gasteiger partial charge in [0, 0.05) is 46.6 Å². The first-order valence-electron chi connectivity index (χ1n) is 6.09. The standard InChI is InChI=1S/C16H13ClN2/c1-12-6-8-18-10-16(12)13-7-9-19(11-13)15-4-2-14(17)3-5-15/h2-11H,1H3. The molecular formula is C16H13ClN2. The zero-order valence-corrected chi connectivity index (χ0v) is 11.3. The Morgan fingerprint density at radius 2 is 1.84 bits per heavy atom. The lowest BCUT2D eigenvalue weighted by atomic mass is 10.1. The maximum atomic E-state index is 5.90. The number of benzene rings is 1. The minimum absolute atomic E-state index is 0.749. The molecule has 2 nitrogen and oxygen atoms in total. The molecule has 94 valence electrons. The van der Waals surface area contributed by atoms with Gasteiger partial charge in [0.05, 0.1) is 0 Å². The first kappa shape index (κ1) is 12.0. The molecule has 0 aliphatic rings. The van der Waals surface area contributed by atoms with Crippen LogP contribution in [0.5, 0.6) is 0 Å². The molecule has 3 aromatic rings. The van der Waals surface area contributed by atoms with E-state index in [0.717, 1.165) is 16.3 Å². The SMILES string of the molecule is Cc1ccncc1-c1ccn(-c2ccc(Cl)cc2)c1. The van der Waals surface area contributed by atoms with E-state index in [1.54, 1.807) is 0 Å². The molecule has 0 aliphatic carbocycles. The van der Waals surface area contributed by atoms with Crippen molar-refractivity contribution in [3.63, 3.8) is 0 Å². The second-order valence-electron chi connectivity index (χ2n) is 4.47. The van der Waals surface area contributed by atoms with Crippen LogP contribution < -0.4 is 0 Å². The Labute approximate surface area is 117 Å². The van der Waals surface area contributed by atoms with Gasteiger partial charge in [-0.25, -0.2) is 0 Å². The van der Waals surface area contributed by atoms with Crippen molar-refractivity contribution < 1.29 is 0 Å². The summed E-state index contributed by atoms with van der Waals surface area (Å²) in [5.74, 6) is 0. The molecule has 0 spiro atoms. The second-order valence-corrected chi connectivity index (χ2v) is 4.91. The van der Waals surface area contributed by atoms with E-state index in [1.165, 1.54) is 11.1 Å². The summed E-state index contributed by atoms with van der Waals surface area (Å²) in [5.41, 5.74) is 4.65. The van der Waals surface area contributed by atoms with E-state index in [0.29, 0.717) is 0 Å². The Kier molecular flexibility index (Phi) is 3.10. The molecule has 0 aliphatic heterocycles. The minimum atomic E-state index is 0.749. The number of hydrogen-bond donors (Lipinski definition) is 0. The van der Waals surface area contributed by atoms with Gasteiger partial charge in [0.2, 0.25) is 0 Å². The number of pyridine rings is 1. The Morgan fingerprint density at radius 1 is 1.05 bits per heavy atom. The molecule has 0 saturated carbocycles. The smallest absolute Gasteiger partial charge is 0.0450 e. The molecule has 0 N–H and O–H groups in total. The highest BCUT2D eigenvalue weighted by Gasteiger charge is 2.04. The lowest BCUT2D eigenvalue weighted by Gasteiger charge is -2.03. The van der Waals surface area contributed by atoms with Crippen molar-refractivity contribution in [3.05, 3.63) is 71.8 Å². The van der Waals surface area contributed by atoms with Crippen molar-refractivity contribution in [1.82, 2.24) is 9.55 Å². The predicted octanol–water partition coefficient (Wildman–Crippen LogP) is 4.50. The van der Waals surface area contributed by atoms with Crippen LogP contribution in [0.25, 0.3) is 16.8 Å². The van der Waals surface area contributed by atoms with E-state index < -0.39 is 0 Å². The molecule has 0 fully saturated rings. The summed E-state index contributed by atoms with van der Waals surface area (Å²) in [7, 11) is 0. The molecule has 19 heavy (non-hydrogen) atoms. The van der Waals surface area contributed by atoms with Crippen LogP contribution in [0.15, 0.2) is 61.2 Å². The van der Waals surface area contributed by atoms with Crippen molar-refractivity contribution in [3.8, 4) is 16.8 Å². The van der Waals surface area contributed by atoms with Crippen LogP contribution in [0.4, 0.5) is 0 Å². The fourth-order valence-electron chi connectivity index (χ4n) is 2.10. The van der Waals surface area contributed by atoms with Crippen molar-refractivity contribution in [2.75, 3.05) is 0 Å². The zero-order chi connectivity index (χ0) is 13.2. The van der Waals surface area contributed by atoms with Gasteiger partial charge in [0.1, 0.15) is 0 Å². The van der Waals surface area contributed by atoms with Gasteiger partial charge in [0.25, 0.3) is 0 Å². The number of aryl methyl sites for hydroxylation is 1. The normalized spacial score (nSPS) is 10.6. The first-order valence-corrected chi connectivity index (χ1v) is 6.47. The average Bonchev–Trinajstić information content (AvgIpc) is 2.89. The van der Waals surface area contributed by atoms with Gasteiger partial charge in [-0.15, -0.1) is 0 Å². The molecule has 0 radical (unpaired) electrons. The van der Waals surface area contributed by atoms with Gasteiger partial charge in [-0.2, -0.15) is 0 Å². The molecule has 0 amide bonds. The first-order chi connectivity index (χ1) is 9.24. The third-order valence-electron chi connectivity index (χ3n) is 3.17. The molecule has 0 atom stereocenters. The van der Waals surface area contributed by atoms with E-state index in [2.05, 4.69) is 28.7 Å². The van der Waals surface area contributed by atoms with Gasteiger partial charge < -0.3 is 4.57 Å². The maximum absolute atomic E-state index is 5.90. The van der Waals surface area contributed by atoms with Crippen LogP contribution >= 0.6 is 11.6 Å². The summed E-state index contributed by atoms with van der Waals surface area (Å²) in [6.07, 6.45) is 7.87. The highest BCUT2D eigenvalue weighted by atomic mass is 35.5. The Hall–Kier alpha value is -2.06. The van der Waals surface area contributed by atoms with Gasteiger partial charge in [-0.05, 0) is 48.9 Å². The fraction of sp³-hybridized carbons (Fsp3) is 0.0625. The van der Waals surface area contributed by atoms with E-state index in [-0.39, 0.29) is 0 Å². The van der Waals surface area contributed by atoms with Crippen LogP contribution in [0.1, 0.15) is 5.56 Å². The van der Waals surface area contributed by atoms with Crippen LogP contribution in [-0.2, 0) is 0 Å². The zero-order valence-electron chi connectivity index (χ0n) is 10.5. The molecular weight excluding hydrogens is 256 g/mol. The monoisotopic (exact) mass is 268 g/mol. The summed E-state index contributed by atoms with van der Waals surface area (Å²) in [6, 6.07) is 11.9. The second kappa shape index (κ2) is 4.90. The van der Waals surface area contributed by atoms with E-state index in [1.807, 2.05) is 48.9 Å². The highest BCUT2D eigenvalue weighted by Crippen LogP contribution is 2.24.